The van der Waals surface area contributed by atoms with Crippen LogP contribution in [0.5, 0.6) is 0 Å². The maximum absolute atomic E-state index is 5.50. The van der Waals surface area contributed by atoms with Gasteiger partial charge >= 0.3 is 0 Å². The van der Waals surface area contributed by atoms with Gasteiger partial charge in [-0.25, -0.2) is 0 Å². The molecule has 0 radical (unpaired) electrons. The van der Waals surface area contributed by atoms with Crippen molar-refractivity contribution in [3.8, 4) is 0 Å². The summed E-state index contributed by atoms with van der Waals surface area (Å²) in [6, 6.07) is 10.7. The molecule has 0 amide bonds. The lowest BCUT2D eigenvalue weighted by atomic mass is 9.88. The maximum Gasteiger partial charge on any atom is 0.0764 e. The Kier molecular flexibility index (Phi) is 3.17. The molecule has 1 heterocycles. The number of piperidine rings is 1. The molecule has 1 aromatic carbocycles. The van der Waals surface area contributed by atoms with E-state index in [4.69, 9.17) is 4.74 Å². The van der Waals surface area contributed by atoms with E-state index in [0.29, 0.717) is 12.0 Å². The van der Waals surface area contributed by atoms with Gasteiger partial charge in [-0.2, -0.15) is 0 Å². The van der Waals surface area contributed by atoms with E-state index in [1.54, 1.807) is 7.11 Å². The van der Waals surface area contributed by atoms with E-state index in [2.05, 4.69) is 35.6 Å². The molecule has 2 nitrogen and oxygen atoms in total. The summed E-state index contributed by atoms with van der Waals surface area (Å²) in [6.45, 7) is 2.06. The molecule has 1 aliphatic rings. The minimum absolute atomic E-state index is 0.325. The molecule has 76 valence electrons. The van der Waals surface area contributed by atoms with Gasteiger partial charge in [0, 0.05) is 19.6 Å². The van der Waals surface area contributed by atoms with Crippen LogP contribution >= 0.6 is 0 Å². The molecular formula is C12H17NO. The van der Waals surface area contributed by atoms with Gasteiger partial charge in [-0.3, -0.25) is 0 Å². The Morgan fingerprint density at radius 1 is 1.29 bits per heavy atom. The number of methoxy groups -OCH3 is 1. The first-order valence-corrected chi connectivity index (χ1v) is 5.20. The summed E-state index contributed by atoms with van der Waals surface area (Å²) in [7, 11) is 1.80. The van der Waals surface area contributed by atoms with Crippen molar-refractivity contribution < 1.29 is 4.74 Å². The average Bonchev–Trinajstić information content (AvgIpc) is 2.30. The number of nitrogens with one attached hydrogen (secondary N) is 1. The van der Waals surface area contributed by atoms with Gasteiger partial charge in [-0.05, 0) is 18.5 Å². The molecule has 2 atom stereocenters. The zero-order valence-corrected chi connectivity index (χ0v) is 8.57. The second-order valence-corrected chi connectivity index (χ2v) is 3.78. The molecule has 1 saturated heterocycles. The van der Waals surface area contributed by atoms with Gasteiger partial charge < -0.3 is 10.1 Å². The first-order valence-electron chi connectivity index (χ1n) is 5.20. The van der Waals surface area contributed by atoms with Crippen LogP contribution in [0.25, 0.3) is 0 Å². The predicted molar refractivity (Wildman–Crippen MR) is 57.5 cm³/mol. The summed E-state index contributed by atoms with van der Waals surface area (Å²) in [5, 5.41) is 3.36. The highest BCUT2D eigenvalue weighted by molar-refractivity contribution is 5.21. The lowest BCUT2D eigenvalue weighted by Crippen LogP contribution is -2.40. The molecule has 1 aliphatic heterocycles. The molecule has 2 heteroatoms. The van der Waals surface area contributed by atoms with E-state index >= 15 is 0 Å². The topological polar surface area (TPSA) is 21.3 Å². The number of rotatable bonds is 2. The molecule has 2 unspecified atom stereocenters. The Morgan fingerprint density at radius 3 is 2.79 bits per heavy atom. The summed E-state index contributed by atoms with van der Waals surface area (Å²) in [4.78, 5) is 0. The summed E-state index contributed by atoms with van der Waals surface area (Å²) < 4.78 is 5.50. The van der Waals surface area contributed by atoms with Crippen molar-refractivity contribution in [2.75, 3.05) is 20.2 Å². The third kappa shape index (κ3) is 1.97. The van der Waals surface area contributed by atoms with Crippen molar-refractivity contribution in [3.05, 3.63) is 35.9 Å². The van der Waals surface area contributed by atoms with E-state index in [1.165, 1.54) is 12.0 Å². The lowest BCUT2D eigenvalue weighted by molar-refractivity contribution is 0.0625. The first-order chi connectivity index (χ1) is 6.92. The Morgan fingerprint density at radius 2 is 2.07 bits per heavy atom. The zero-order valence-electron chi connectivity index (χ0n) is 8.57. The third-order valence-electron chi connectivity index (χ3n) is 2.96. The summed E-state index contributed by atoms with van der Waals surface area (Å²) in [5.41, 5.74) is 1.40. The van der Waals surface area contributed by atoms with Gasteiger partial charge in [0.05, 0.1) is 6.10 Å². The van der Waals surface area contributed by atoms with Gasteiger partial charge in [0.15, 0.2) is 0 Å². The highest BCUT2D eigenvalue weighted by Crippen LogP contribution is 2.26. The molecule has 1 aromatic rings. The molecule has 0 spiro atoms. The number of ether oxygens (including phenoxy) is 1. The van der Waals surface area contributed by atoms with Crippen molar-refractivity contribution in [1.29, 1.82) is 0 Å². The molecule has 2 rings (SSSR count). The van der Waals surface area contributed by atoms with E-state index in [1.807, 2.05) is 0 Å². The standard InChI is InChI=1S/C12H17NO/c1-14-12-9-13-8-7-11(12)10-5-3-2-4-6-10/h2-6,11-13H,7-9H2,1H3. The minimum Gasteiger partial charge on any atom is -0.379 e. The van der Waals surface area contributed by atoms with Crippen LogP contribution in [-0.2, 0) is 4.74 Å². The van der Waals surface area contributed by atoms with Crippen LogP contribution in [-0.4, -0.2) is 26.3 Å². The van der Waals surface area contributed by atoms with Crippen molar-refractivity contribution in [2.45, 2.75) is 18.4 Å². The molecule has 0 aromatic heterocycles. The normalized spacial score (nSPS) is 27.5. The molecule has 0 saturated carbocycles. The minimum atomic E-state index is 0.325. The van der Waals surface area contributed by atoms with Crippen LogP contribution < -0.4 is 5.32 Å². The highest BCUT2D eigenvalue weighted by Gasteiger charge is 2.25. The van der Waals surface area contributed by atoms with Crippen LogP contribution in [0.3, 0.4) is 0 Å². The molecule has 14 heavy (non-hydrogen) atoms. The summed E-state index contributed by atoms with van der Waals surface area (Å²) >= 11 is 0. The highest BCUT2D eigenvalue weighted by atomic mass is 16.5. The van der Waals surface area contributed by atoms with Crippen molar-refractivity contribution >= 4 is 0 Å². The average molecular weight is 191 g/mol. The fraction of sp³-hybridized carbons (Fsp3) is 0.500. The largest absolute Gasteiger partial charge is 0.379 e. The number of hydrogen-bond donors (Lipinski definition) is 1. The Balaban J connectivity index is 2.15. The first kappa shape index (κ1) is 9.69. The maximum atomic E-state index is 5.50. The van der Waals surface area contributed by atoms with Gasteiger partial charge in [0.25, 0.3) is 0 Å². The van der Waals surface area contributed by atoms with Gasteiger partial charge in [-0.1, -0.05) is 30.3 Å². The van der Waals surface area contributed by atoms with E-state index in [-0.39, 0.29) is 0 Å². The van der Waals surface area contributed by atoms with Gasteiger partial charge in [-0.15, -0.1) is 0 Å². The van der Waals surface area contributed by atoms with Crippen LogP contribution in [0, 0.1) is 0 Å². The summed E-state index contributed by atoms with van der Waals surface area (Å²) in [5.74, 6) is 0.558. The van der Waals surface area contributed by atoms with Crippen LogP contribution in [0.15, 0.2) is 30.3 Å². The second-order valence-electron chi connectivity index (χ2n) is 3.78. The lowest BCUT2D eigenvalue weighted by Gasteiger charge is -2.31. The Bertz CT molecular complexity index is 273. The molecule has 1 fully saturated rings. The Hall–Kier alpha value is -0.860. The van der Waals surface area contributed by atoms with Crippen molar-refractivity contribution in [2.24, 2.45) is 0 Å². The number of hydrogen-bond acceptors (Lipinski definition) is 2. The van der Waals surface area contributed by atoms with E-state index < -0.39 is 0 Å². The Labute approximate surface area is 85.3 Å². The summed E-state index contributed by atoms with van der Waals surface area (Å²) in [6.07, 6.45) is 1.49. The molecular weight excluding hydrogens is 174 g/mol. The molecule has 0 aliphatic carbocycles. The van der Waals surface area contributed by atoms with Gasteiger partial charge in [0.1, 0.15) is 0 Å². The SMILES string of the molecule is COC1CNCCC1c1ccccc1. The smallest absolute Gasteiger partial charge is 0.0764 e. The zero-order chi connectivity index (χ0) is 9.80. The van der Waals surface area contributed by atoms with E-state index in [0.717, 1.165) is 13.1 Å². The third-order valence-corrected chi connectivity index (χ3v) is 2.96. The van der Waals surface area contributed by atoms with Crippen LogP contribution in [0.4, 0.5) is 0 Å². The fourth-order valence-corrected chi connectivity index (χ4v) is 2.16. The fourth-order valence-electron chi connectivity index (χ4n) is 2.16. The molecule has 0 bridgehead atoms. The van der Waals surface area contributed by atoms with Gasteiger partial charge in [0.2, 0.25) is 0 Å². The van der Waals surface area contributed by atoms with Crippen molar-refractivity contribution in [1.82, 2.24) is 5.32 Å². The van der Waals surface area contributed by atoms with Crippen LogP contribution in [0.2, 0.25) is 0 Å². The number of benzene rings is 1. The molecule has 1 N–H and O–H groups in total. The monoisotopic (exact) mass is 191 g/mol. The predicted octanol–water partition coefficient (Wildman–Crippen LogP) is 1.78. The van der Waals surface area contributed by atoms with Crippen molar-refractivity contribution in [3.63, 3.8) is 0 Å². The quantitative estimate of drug-likeness (QED) is 0.769. The van der Waals surface area contributed by atoms with E-state index in [9.17, 15) is 0 Å². The van der Waals surface area contributed by atoms with Crippen LogP contribution in [0.1, 0.15) is 17.9 Å². The second kappa shape index (κ2) is 4.58.